The van der Waals surface area contributed by atoms with Crippen LogP contribution in [0.25, 0.3) is 6.08 Å². The van der Waals surface area contributed by atoms with Crippen LogP contribution < -0.4 is 4.74 Å². The summed E-state index contributed by atoms with van der Waals surface area (Å²) in [5, 5.41) is 8.83. The molecule has 1 N–H and O–H groups in total. The van der Waals surface area contributed by atoms with Crippen LogP contribution in [0, 0.1) is 5.92 Å². The van der Waals surface area contributed by atoms with Crippen molar-refractivity contribution in [2.75, 3.05) is 26.9 Å². The number of hydrogen-bond acceptors (Lipinski definition) is 7. The number of carbonyl (C=O) groups excluding carboxylic acids is 1. The van der Waals surface area contributed by atoms with E-state index >= 15 is 0 Å². The van der Waals surface area contributed by atoms with Crippen LogP contribution in [0.2, 0.25) is 0 Å². The number of allylic oxidation sites excluding steroid dienone is 1. The molecular formula is C32H43F3O7. The fourth-order valence-electron chi connectivity index (χ4n) is 6.17. The van der Waals surface area contributed by atoms with Crippen LogP contribution in [0.5, 0.6) is 5.75 Å². The van der Waals surface area contributed by atoms with E-state index in [1.165, 1.54) is 23.8 Å². The maximum absolute atomic E-state index is 13.8. The number of aliphatic hydroxyl groups excluding tert-OH is 1. The molecule has 2 saturated heterocycles. The number of halogens is 3. The predicted octanol–water partition coefficient (Wildman–Crippen LogP) is 6.27. The lowest BCUT2D eigenvalue weighted by atomic mass is 9.68. The molecule has 6 atom stereocenters. The van der Waals surface area contributed by atoms with Crippen molar-refractivity contribution in [1.29, 1.82) is 0 Å². The van der Waals surface area contributed by atoms with Crippen molar-refractivity contribution >= 4 is 12.0 Å². The number of esters is 1. The summed E-state index contributed by atoms with van der Waals surface area (Å²) in [7, 11) is 1.59. The summed E-state index contributed by atoms with van der Waals surface area (Å²) in [5.74, 6) is -1.04. The summed E-state index contributed by atoms with van der Waals surface area (Å²) in [6.07, 6.45) is 3.83. The fraction of sp³-hybridized carbons (Fsp3) is 0.656. The SMILES string of the molecule is CO[C@@H]1[C@H](OC(=O)C=Cc2ccc(OCCCCCCO)c(C(F)(F)F)c2)CC[C@]2(CO2)[C@H]1[C@@]1(C)O[C@@H]1CC=C(C)C. The van der Waals surface area contributed by atoms with Crippen LogP contribution in [-0.4, -0.2) is 67.5 Å². The molecule has 0 aromatic heterocycles. The number of ether oxygens (including phenoxy) is 5. The highest BCUT2D eigenvalue weighted by Gasteiger charge is 2.72. The average Bonchev–Trinajstić information content (AvgIpc) is 3.85. The van der Waals surface area contributed by atoms with Gasteiger partial charge in [0.1, 0.15) is 29.2 Å². The Balaban J connectivity index is 1.39. The third-order valence-electron chi connectivity index (χ3n) is 8.54. The van der Waals surface area contributed by atoms with Crippen molar-refractivity contribution in [3.05, 3.63) is 47.1 Å². The maximum Gasteiger partial charge on any atom is 0.419 e. The highest BCUT2D eigenvalue weighted by atomic mass is 19.4. The second-order valence-electron chi connectivity index (χ2n) is 11.9. The van der Waals surface area contributed by atoms with Gasteiger partial charge in [0, 0.05) is 19.8 Å². The average molecular weight is 597 g/mol. The van der Waals surface area contributed by atoms with Gasteiger partial charge in [0.05, 0.1) is 30.8 Å². The highest BCUT2D eigenvalue weighted by Crippen LogP contribution is 2.59. The number of benzene rings is 1. The molecule has 0 radical (unpaired) electrons. The Labute approximate surface area is 246 Å². The summed E-state index contributed by atoms with van der Waals surface area (Å²) in [5.41, 5.74) is -0.318. The Kier molecular flexibility index (Phi) is 10.4. The molecule has 0 amide bonds. The Hall–Kier alpha value is -2.40. The Morgan fingerprint density at radius 3 is 2.57 bits per heavy atom. The lowest BCUT2D eigenvalue weighted by Gasteiger charge is -2.42. The molecule has 0 bridgehead atoms. The molecule has 42 heavy (non-hydrogen) atoms. The Morgan fingerprint density at radius 1 is 1.19 bits per heavy atom. The highest BCUT2D eigenvalue weighted by molar-refractivity contribution is 5.87. The minimum absolute atomic E-state index is 0.0199. The van der Waals surface area contributed by atoms with Gasteiger partial charge in [-0.15, -0.1) is 0 Å². The van der Waals surface area contributed by atoms with Crippen molar-refractivity contribution in [1.82, 2.24) is 0 Å². The largest absolute Gasteiger partial charge is 0.493 e. The van der Waals surface area contributed by atoms with E-state index in [4.69, 9.17) is 28.8 Å². The molecule has 0 unspecified atom stereocenters. The Bertz CT molecular complexity index is 1140. The second-order valence-corrected chi connectivity index (χ2v) is 11.9. The molecule has 1 spiro atoms. The third kappa shape index (κ3) is 7.75. The van der Waals surface area contributed by atoms with Gasteiger partial charge in [0.15, 0.2) is 0 Å². The molecule has 2 heterocycles. The van der Waals surface area contributed by atoms with Gasteiger partial charge in [0.25, 0.3) is 0 Å². The van der Waals surface area contributed by atoms with E-state index in [1.807, 2.05) is 13.8 Å². The molecule has 4 rings (SSSR count). The van der Waals surface area contributed by atoms with Crippen LogP contribution in [0.3, 0.4) is 0 Å². The van der Waals surface area contributed by atoms with E-state index in [0.717, 1.165) is 31.4 Å². The molecule has 7 nitrogen and oxygen atoms in total. The number of alkyl halides is 3. The molecular weight excluding hydrogens is 553 g/mol. The maximum atomic E-state index is 13.8. The summed E-state index contributed by atoms with van der Waals surface area (Å²) >= 11 is 0. The van der Waals surface area contributed by atoms with Gasteiger partial charge >= 0.3 is 12.1 Å². The molecule has 3 fully saturated rings. The molecule has 1 aromatic carbocycles. The van der Waals surface area contributed by atoms with Gasteiger partial charge in [-0.05, 0) is 83.1 Å². The van der Waals surface area contributed by atoms with Crippen molar-refractivity contribution in [2.45, 2.75) is 101 Å². The summed E-state index contributed by atoms with van der Waals surface area (Å²) in [6, 6.07) is 3.71. The van der Waals surface area contributed by atoms with Crippen LogP contribution in [0.15, 0.2) is 35.9 Å². The number of hydrogen-bond donors (Lipinski definition) is 1. The normalized spacial score (nSPS) is 30.4. The van der Waals surface area contributed by atoms with Crippen molar-refractivity contribution in [3.63, 3.8) is 0 Å². The lowest BCUT2D eigenvalue weighted by molar-refractivity contribution is -0.166. The number of unbranched alkanes of at least 4 members (excludes halogenated alkanes) is 3. The van der Waals surface area contributed by atoms with E-state index < -0.39 is 35.5 Å². The van der Waals surface area contributed by atoms with E-state index in [9.17, 15) is 18.0 Å². The summed E-state index contributed by atoms with van der Waals surface area (Å²) in [6.45, 7) is 7.00. The number of aliphatic hydroxyl groups is 1. The predicted molar refractivity (Wildman–Crippen MR) is 151 cm³/mol. The Morgan fingerprint density at radius 2 is 1.93 bits per heavy atom. The zero-order valence-electron chi connectivity index (χ0n) is 24.9. The minimum atomic E-state index is -4.62. The van der Waals surface area contributed by atoms with Crippen LogP contribution in [-0.2, 0) is 29.9 Å². The van der Waals surface area contributed by atoms with Crippen LogP contribution in [0.4, 0.5) is 13.2 Å². The van der Waals surface area contributed by atoms with Crippen molar-refractivity contribution < 1.29 is 46.8 Å². The number of carbonyl (C=O) groups is 1. The van der Waals surface area contributed by atoms with Crippen molar-refractivity contribution in [3.8, 4) is 5.75 Å². The van der Waals surface area contributed by atoms with Crippen LogP contribution >= 0.6 is 0 Å². The van der Waals surface area contributed by atoms with Gasteiger partial charge in [-0.2, -0.15) is 13.2 Å². The molecule has 10 heteroatoms. The van der Waals surface area contributed by atoms with E-state index in [2.05, 4.69) is 13.0 Å². The first-order chi connectivity index (χ1) is 19.9. The molecule has 2 aliphatic heterocycles. The summed E-state index contributed by atoms with van der Waals surface area (Å²) in [4.78, 5) is 12.8. The molecule has 1 aliphatic carbocycles. The van der Waals surface area contributed by atoms with Gasteiger partial charge < -0.3 is 28.8 Å². The quantitative estimate of drug-likeness (QED) is 0.0890. The molecule has 234 valence electrons. The first kappa shape index (κ1) is 32.5. The first-order valence-corrected chi connectivity index (χ1v) is 14.7. The minimum Gasteiger partial charge on any atom is -0.493 e. The molecule has 3 aliphatic rings. The lowest BCUT2D eigenvalue weighted by Crippen LogP contribution is -2.55. The smallest absolute Gasteiger partial charge is 0.419 e. The monoisotopic (exact) mass is 596 g/mol. The van der Waals surface area contributed by atoms with Gasteiger partial charge in [-0.1, -0.05) is 24.1 Å². The molecule has 1 aromatic rings. The zero-order chi connectivity index (χ0) is 30.5. The second kappa shape index (κ2) is 13.5. The summed E-state index contributed by atoms with van der Waals surface area (Å²) < 4.78 is 70.5. The van der Waals surface area contributed by atoms with E-state index in [-0.39, 0.29) is 42.1 Å². The van der Waals surface area contributed by atoms with Gasteiger partial charge in [-0.3, -0.25) is 0 Å². The van der Waals surface area contributed by atoms with E-state index in [0.29, 0.717) is 32.3 Å². The van der Waals surface area contributed by atoms with Crippen molar-refractivity contribution in [2.24, 2.45) is 5.92 Å². The third-order valence-corrected chi connectivity index (χ3v) is 8.54. The van der Waals surface area contributed by atoms with Crippen LogP contribution in [0.1, 0.15) is 76.8 Å². The molecule has 1 saturated carbocycles. The van der Waals surface area contributed by atoms with Gasteiger partial charge in [-0.25, -0.2) is 4.79 Å². The number of rotatable bonds is 14. The topological polar surface area (TPSA) is 90.1 Å². The fourth-order valence-corrected chi connectivity index (χ4v) is 6.17. The zero-order valence-corrected chi connectivity index (χ0v) is 24.9. The van der Waals surface area contributed by atoms with Gasteiger partial charge in [0.2, 0.25) is 0 Å². The first-order valence-electron chi connectivity index (χ1n) is 14.7. The number of methoxy groups -OCH3 is 1. The van der Waals surface area contributed by atoms with E-state index in [1.54, 1.807) is 7.11 Å². The number of epoxide rings is 2. The standard InChI is InChI=1S/C32H43F3O7/c1-21(2)9-13-26-30(3,42-26)29-28(38-4)25(15-16-31(29)20-40-31)41-27(37)14-11-22-10-12-24(23(19-22)32(33,34)35)39-18-8-6-5-7-17-36/h9-12,14,19,25-26,28-29,36H,5-8,13,15-18,20H2,1-4H3/t25-,26-,28-,29-,30+,31+/m1/s1.